The lowest BCUT2D eigenvalue weighted by Crippen LogP contribution is -2.39. The molecule has 0 heterocycles. The molecule has 0 spiro atoms. The summed E-state index contributed by atoms with van der Waals surface area (Å²) in [5.41, 5.74) is 0.0571. The van der Waals surface area contributed by atoms with E-state index in [-0.39, 0.29) is 11.6 Å². The first-order valence-corrected chi connectivity index (χ1v) is 5.13. The molecule has 4 nitrogen and oxygen atoms in total. The molecule has 0 saturated heterocycles. The summed E-state index contributed by atoms with van der Waals surface area (Å²) >= 11 is 0. The summed E-state index contributed by atoms with van der Waals surface area (Å²) in [5.74, 6) is -0.959. The molecule has 0 aliphatic carbocycles. The quantitative estimate of drug-likeness (QED) is 0.729. The van der Waals surface area contributed by atoms with E-state index in [1.807, 2.05) is 6.92 Å². The fourth-order valence-electron chi connectivity index (χ4n) is 1.17. The first-order chi connectivity index (χ1) is 7.30. The lowest BCUT2D eigenvalue weighted by atomic mass is 10.0. The Morgan fingerprint density at radius 2 is 2.06 bits per heavy atom. The minimum atomic E-state index is -0.959. The molecular formula is C12H17NO3. The number of carboxylic acid groups (broad SMARTS) is 1. The highest BCUT2D eigenvalue weighted by molar-refractivity contribution is 5.88. The standard InChI is InChI=1S/C12H17NO3/c1-8(12(2,3)16)13-10-6-4-5-9(7-10)11(14)15/h4-8,13,16H,1-3H3,(H,14,15). The summed E-state index contributed by atoms with van der Waals surface area (Å²) in [7, 11) is 0. The van der Waals surface area contributed by atoms with Crippen LogP contribution in [-0.2, 0) is 0 Å². The Morgan fingerprint density at radius 3 is 2.56 bits per heavy atom. The summed E-state index contributed by atoms with van der Waals surface area (Å²) in [5, 5.41) is 21.6. The number of carboxylic acids is 1. The fraction of sp³-hybridized carbons (Fsp3) is 0.417. The van der Waals surface area contributed by atoms with Crippen LogP contribution in [0.1, 0.15) is 31.1 Å². The Labute approximate surface area is 94.9 Å². The summed E-state index contributed by atoms with van der Waals surface area (Å²) < 4.78 is 0. The zero-order valence-electron chi connectivity index (χ0n) is 9.69. The predicted molar refractivity (Wildman–Crippen MR) is 62.8 cm³/mol. The second-order valence-corrected chi connectivity index (χ2v) is 4.41. The normalized spacial score (nSPS) is 13.2. The van der Waals surface area contributed by atoms with Crippen molar-refractivity contribution in [1.82, 2.24) is 0 Å². The maximum Gasteiger partial charge on any atom is 0.335 e. The van der Waals surface area contributed by atoms with E-state index in [0.29, 0.717) is 5.69 Å². The summed E-state index contributed by atoms with van der Waals surface area (Å²) in [4.78, 5) is 10.8. The van der Waals surface area contributed by atoms with Crippen molar-refractivity contribution in [1.29, 1.82) is 0 Å². The van der Waals surface area contributed by atoms with Crippen molar-refractivity contribution in [3.63, 3.8) is 0 Å². The van der Waals surface area contributed by atoms with E-state index in [1.54, 1.807) is 32.0 Å². The number of benzene rings is 1. The van der Waals surface area contributed by atoms with Crippen molar-refractivity contribution in [2.24, 2.45) is 0 Å². The van der Waals surface area contributed by atoms with Gasteiger partial charge >= 0.3 is 5.97 Å². The highest BCUT2D eigenvalue weighted by atomic mass is 16.4. The van der Waals surface area contributed by atoms with Crippen LogP contribution in [0.5, 0.6) is 0 Å². The number of aromatic carboxylic acids is 1. The molecule has 0 saturated carbocycles. The van der Waals surface area contributed by atoms with E-state index in [9.17, 15) is 9.90 Å². The third kappa shape index (κ3) is 3.24. The molecule has 3 N–H and O–H groups in total. The smallest absolute Gasteiger partial charge is 0.335 e. The minimum Gasteiger partial charge on any atom is -0.478 e. The zero-order chi connectivity index (χ0) is 12.3. The van der Waals surface area contributed by atoms with Crippen LogP contribution in [0.25, 0.3) is 0 Å². The Morgan fingerprint density at radius 1 is 1.44 bits per heavy atom. The van der Waals surface area contributed by atoms with Gasteiger partial charge in [-0.3, -0.25) is 0 Å². The number of anilines is 1. The number of hydrogen-bond acceptors (Lipinski definition) is 3. The SMILES string of the molecule is CC(Nc1cccc(C(=O)O)c1)C(C)(C)O. The van der Waals surface area contributed by atoms with E-state index in [1.165, 1.54) is 6.07 Å². The number of nitrogens with one attached hydrogen (secondary N) is 1. The molecule has 16 heavy (non-hydrogen) atoms. The van der Waals surface area contributed by atoms with Crippen LogP contribution >= 0.6 is 0 Å². The van der Waals surface area contributed by atoms with E-state index >= 15 is 0 Å². The monoisotopic (exact) mass is 223 g/mol. The van der Waals surface area contributed by atoms with Gasteiger partial charge in [0.05, 0.1) is 17.2 Å². The predicted octanol–water partition coefficient (Wildman–Crippen LogP) is 1.96. The second kappa shape index (κ2) is 4.53. The molecular weight excluding hydrogens is 206 g/mol. The molecule has 4 heteroatoms. The molecule has 0 radical (unpaired) electrons. The van der Waals surface area contributed by atoms with Gasteiger partial charge in [-0.1, -0.05) is 6.07 Å². The topological polar surface area (TPSA) is 69.6 Å². The first kappa shape index (κ1) is 12.5. The van der Waals surface area contributed by atoms with Crippen molar-refractivity contribution in [2.45, 2.75) is 32.4 Å². The average molecular weight is 223 g/mol. The van der Waals surface area contributed by atoms with Crippen LogP contribution in [0.2, 0.25) is 0 Å². The third-order valence-corrected chi connectivity index (χ3v) is 2.55. The largest absolute Gasteiger partial charge is 0.478 e. The van der Waals surface area contributed by atoms with E-state index < -0.39 is 11.6 Å². The van der Waals surface area contributed by atoms with Crippen molar-refractivity contribution in [3.8, 4) is 0 Å². The molecule has 0 fully saturated rings. The second-order valence-electron chi connectivity index (χ2n) is 4.41. The van der Waals surface area contributed by atoms with E-state index in [4.69, 9.17) is 5.11 Å². The fourth-order valence-corrected chi connectivity index (χ4v) is 1.17. The van der Waals surface area contributed by atoms with Gasteiger partial charge in [0, 0.05) is 5.69 Å². The summed E-state index contributed by atoms with van der Waals surface area (Å²) in [6, 6.07) is 6.35. The Kier molecular flexibility index (Phi) is 3.55. The molecule has 1 aromatic rings. The molecule has 0 aliphatic heterocycles. The van der Waals surface area contributed by atoms with Gasteiger partial charge in [0.1, 0.15) is 0 Å². The van der Waals surface area contributed by atoms with Gasteiger partial charge in [0.15, 0.2) is 0 Å². The highest BCUT2D eigenvalue weighted by Gasteiger charge is 2.21. The van der Waals surface area contributed by atoms with Crippen LogP contribution in [0.4, 0.5) is 5.69 Å². The maximum atomic E-state index is 10.8. The summed E-state index contributed by atoms with van der Waals surface area (Å²) in [6.07, 6.45) is 0. The van der Waals surface area contributed by atoms with Gasteiger partial charge in [0.25, 0.3) is 0 Å². The maximum absolute atomic E-state index is 10.8. The number of rotatable bonds is 4. The van der Waals surface area contributed by atoms with Crippen molar-refractivity contribution < 1.29 is 15.0 Å². The zero-order valence-corrected chi connectivity index (χ0v) is 9.69. The average Bonchev–Trinajstić information content (AvgIpc) is 2.16. The van der Waals surface area contributed by atoms with Crippen LogP contribution in [0.3, 0.4) is 0 Å². The van der Waals surface area contributed by atoms with Gasteiger partial charge in [0.2, 0.25) is 0 Å². The van der Waals surface area contributed by atoms with Gasteiger partial charge in [-0.05, 0) is 39.0 Å². The van der Waals surface area contributed by atoms with Crippen molar-refractivity contribution >= 4 is 11.7 Å². The molecule has 1 aromatic carbocycles. The van der Waals surface area contributed by atoms with Gasteiger partial charge in [-0.2, -0.15) is 0 Å². The number of carbonyl (C=O) groups is 1. The lowest BCUT2D eigenvalue weighted by molar-refractivity contribution is 0.0649. The molecule has 0 aromatic heterocycles. The van der Waals surface area contributed by atoms with Gasteiger partial charge < -0.3 is 15.5 Å². The molecule has 0 amide bonds. The molecule has 1 rings (SSSR count). The lowest BCUT2D eigenvalue weighted by Gasteiger charge is -2.27. The van der Waals surface area contributed by atoms with Crippen molar-refractivity contribution in [3.05, 3.63) is 29.8 Å². The van der Waals surface area contributed by atoms with Crippen LogP contribution in [-0.4, -0.2) is 27.8 Å². The molecule has 88 valence electrons. The molecule has 0 bridgehead atoms. The van der Waals surface area contributed by atoms with Gasteiger partial charge in [-0.25, -0.2) is 4.79 Å². The third-order valence-electron chi connectivity index (χ3n) is 2.55. The number of hydrogen-bond donors (Lipinski definition) is 3. The van der Waals surface area contributed by atoms with Crippen LogP contribution < -0.4 is 5.32 Å². The van der Waals surface area contributed by atoms with Crippen LogP contribution in [0.15, 0.2) is 24.3 Å². The van der Waals surface area contributed by atoms with Crippen molar-refractivity contribution in [2.75, 3.05) is 5.32 Å². The molecule has 0 aliphatic rings. The van der Waals surface area contributed by atoms with Crippen LogP contribution in [0, 0.1) is 0 Å². The molecule has 1 unspecified atom stereocenters. The Balaban J connectivity index is 2.82. The Hall–Kier alpha value is -1.55. The molecule has 1 atom stereocenters. The van der Waals surface area contributed by atoms with Gasteiger partial charge in [-0.15, -0.1) is 0 Å². The first-order valence-electron chi connectivity index (χ1n) is 5.13. The van der Waals surface area contributed by atoms with E-state index in [2.05, 4.69) is 5.32 Å². The number of aliphatic hydroxyl groups is 1. The Bertz CT molecular complexity index is 382. The van der Waals surface area contributed by atoms with E-state index in [0.717, 1.165) is 0 Å². The highest BCUT2D eigenvalue weighted by Crippen LogP contribution is 2.16. The summed E-state index contributed by atoms with van der Waals surface area (Å²) in [6.45, 7) is 5.24. The minimum absolute atomic E-state index is 0.170.